The summed E-state index contributed by atoms with van der Waals surface area (Å²) in [5, 5.41) is 0. The van der Waals surface area contributed by atoms with E-state index in [1.54, 1.807) is 19.3 Å². The van der Waals surface area contributed by atoms with Gasteiger partial charge in [-0.1, -0.05) is 50.5 Å². The van der Waals surface area contributed by atoms with Crippen molar-refractivity contribution in [1.29, 1.82) is 0 Å². The molecule has 0 aliphatic carbocycles. The van der Waals surface area contributed by atoms with Crippen LogP contribution in [-0.2, 0) is 6.42 Å². The van der Waals surface area contributed by atoms with Crippen molar-refractivity contribution in [3.63, 3.8) is 0 Å². The number of rotatable bonds is 12. The van der Waals surface area contributed by atoms with Crippen molar-refractivity contribution in [2.24, 2.45) is 0 Å². The van der Waals surface area contributed by atoms with Gasteiger partial charge in [-0.2, -0.15) is 0 Å². The Morgan fingerprint density at radius 2 is 1.67 bits per heavy atom. The van der Waals surface area contributed by atoms with E-state index < -0.39 is 12.3 Å². The standard InChI is InChI=1S/C22H30F2N2O/c1-3-4-5-6-20(24)13-14-27-21-15-25-22(26-16-21)19-11-9-18(10-12-19)8-7-17(2)23/h9-12,15-17,20H,3-8,13-14H2,1-2H3. The molecule has 1 aromatic carbocycles. The number of aryl methyl sites for hydroxylation is 1. The maximum Gasteiger partial charge on any atom is 0.159 e. The molecule has 27 heavy (non-hydrogen) atoms. The van der Waals surface area contributed by atoms with Gasteiger partial charge in [0, 0.05) is 12.0 Å². The van der Waals surface area contributed by atoms with Gasteiger partial charge in [0.1, 0.15) is 6.17 Å². The second-order valence-corrected chi connectivity index (χ2v) is 6.99. The van der Waals surface area contributed by atoms with E-state index in [0.29, 0.717) is 37.4 Å². The number of benzene rings is 1. The molecule has 0 saturated carbocycles. The third-order valence-electron chi connectivity index (χ3n) is 4.49. The summed E-state index contributed by atoms with van der Waals surface area (Å²) >= 11 is 0. The zero-order chi connectivity index (χ0) is 19.5. The fraction of sp³-hybridized carbons (Fsp3) is 0.545. The third kappa shape index (κ3) is 8.02. The topological polar surface area (TPSA) is 35.0 Å². The highest BCUT2D eigenvalue weighted by molar-refractivity contribution is 5.55. The summed E-state index contributed by atoms with van der Waals surface area (Å²) < 4.78 is 32.2. The number of unbranched alkanes of at least 4 members (excludes halogenated alkanes) is 2. The summed E-state index contributed by atoms with van der Waals surface area (Å²) in [6.07, 6.45) is 6.99. The quantitative estimate of drug-likeness (QED) is 0.419. The lowest BCUT2D eigenvalue weighted by Crippen LogP contribution is -2.08. The first-order valence-electron chi connectivity index (χ1n) is 9.90. The average molecular weight is 376 g/mol. The Hall–Kier alpha value is -2.04. The number of hydrogen-bond donors (Lipinski definition) is 0. The lowest BCUT2D eigenvalue weighted by Gasteiger charge is -2.09. The van der Waals surface area contributed by atoms with Gasteiger partial charge in [-0.05, 0) is 31.7 Å². The van der Waals surface area contributed by atoms with Crippen LogP contribution in [0, 0.1) is 0 Å². The molecule has 0 N–H and O–H groups in total. The van der Waals surface area contributed by atoms with Gasteiger partial charge in [-0.15, -0.1) is 0 Å². The van der Waals surface area contributed by atoms with Crippen molar-refractivity contribution in [3.05, 3.63) is 42.2 Å². The molecular formula is C22H30F2N2O. The Bertz CT molecular complexity index is 644. The van der Waals surface area contributed by atoms with Crippen LogP contribution in [0.25, 0.3) is 11.4 Å². The number of alkyl halides is 2. The van der Waals surface area contributed by atoms with E-state index in [1.165, 1.54) is 0 Å². The summed E-state index contributed by atoms with van der Waals surface area (Å²) in [5.41, 5.74) is 2.00. The van der Waals surface area contributed by atoms with E-state index in [1.807, 2.05) is 24.3 Å². The first-order valence-corrected chi connectivity index (χ1v) is 9.90. The van der Waals surface area contributed by atoms with Crippen molar-refractivity contribution >= 4 is 0 Å². The summed E-state index contributed by atoms with van der Waals surface area (Å²) in [6.45, 7) is 4.02. The highest BCUT2D eigenvalue weighted by atomic mass is 19.1. The Kier molecular flexibility index (Phi) is 9.16. The highest BCUT2D eigenvalue weighted by Gasteiger charge is 2.07. The van der Waals surface area contributed by atoms with Crippen LogP contribution in [0.5, 0.6) is 5.75 Å². The molecule has 1 aromatic heterocycles. The van der Waals surface area contributed by atoms with Crippen molar-refractivity contribution in [2.45, 2.75) is 71.1 Å². The van der Waals surface area contributed by atoms with E-state index in [9.17, 15) is 8.78 Å². The number of aromatic nitrogens is 2. The Labute approximate surface area is 161 Å². The predicted octanol–water partition coefficient (Wildman–Crippen LogP) is 6.12. The van der Waals surface area contributed by atoms with Crippen molar-refractivity contribution in [3.8, 4) is 17.1 Å². The van der Waals surface area contributed by atoms with Gasteiger partial charge in [-0.25, -0.2) is 18.7 Å². The summed E-state index contributed by atoms with van der Waals surface area (Å²) in [7, 11) is 0. The SMILES string of the molecule is CCCCCC(F)CCOc1cnc(-c2ccc(CCC(C)F)cc2)nc1. The largest absolute Gasteiger partial charge is 0.490 e. The van der Waals surface area contributed by atoms with Crippen LogP contribution < -0.4 is 4.74 Å². The first-order chi connectivity index (χ1) is 13.1. The van der Waals surface area contributed by atoms with Crippen LogP contribution in [0.1, 0.15) is 57.9 Å². The van der Waals surface area contributed by atoms with Crippen molar-refractivity contribution < 1.29 is 13.5 Å². The normalized spacial score (nSPS) is 13.3. The van der Waals surface area contributed by atoms with E-state index in [-0.39, 0.29) is 0 Å². The molecule has 0 bridgehead atoms. The van der Waals surface area contributed by atoms with Gasteiger partial charge in [-0.3, -0.25) is 0 Å². The maximum atomic E-state index is 13.7. The summed E-state index contributed by atoms with van der Waals surface area (Å²) in [4.78, 5) is 8.64. The Morgan fingerprint density at radius 3 is 2.30 bits per heavy atom. The zero-order valence-corrected chi connectivity index (χ0v) is 16.3. The molecule has 2 rings (SSSR count). The zero-order valence-electron chi connectivity index (χ0n) is 16.3. The molecular weight excluding hydrogens is 346 g/mol. The molecule has 0 fully saturated rings. The van der Waals surface area contributed by atoms with Gasteiger partial charge in [0.15, 0.2) is 11.6 Å². The van der Waals surface area contributed by atoms with Crippen LogP contribution >= 0.6 is 0 Å². The van der Waals surface area contributed by atoms with Gasteiger partial charge >= 0.3 is 0 Å². The van der Waals surface area contributed by atoms with E-state index in [4.69, 9.17) is 4.74 Å². The highest BCUT2D eigenvalue weighted by Crippen LogP contribution is 2.19. The Balaban J connectivity index is 1.79. The van der Waals surface area contributed by atoms with Crippen molar-refractivity contribution in [2.75, 3.05) is 6.61 Å². The van der Waals surface area contributed by atoms with Crippen LogP contribution in [0.4, 0.5) is 8.78 Å². The lowest BCUT2D eigenvalue weighted by molar-refractivity contribution is 0.222. The van der Waals surface area contributed by atoms with Crippen molar-refractivity contribution in [1.82, 2.24) is 9.97 Å². The molecule has 3 nitrogen and oxygen atoms in total. The molecule has 0 radical (unpaired) electrons. The molecule has 2 aromatic rings. The summed E-state index contributed by atoms with van der Waals surface area (Å²) in [5.74, 6) is 1.16. The van der Waals surface area contributed by atoms with E-state index >= 15 is 0 Å². The lowest BCUT2D eigenvalue weighted by atomic mass is 10.1. The minimum atomic E-state index is -0.810. The molecule has 2 unspecified atom stereocenters. The number of halogens is 2. The number of nitrogens with zero attached hydrogens (tertiary/aromatic N) is 2. The first kappa shape index (κ1) is 21.3. The molecule has 148 valence electrons. The fourth-order valence-corrected chi connectivity index (χ4v) is 2.79. The molecule has 5 heteroatoms. The van der Waals surface area contributed by atoms with Gasteiger partial charge in [0.25, 0.3) is 0 Å². The second-order valence-electron chi connectivity index (χ2n) is 6.99. The third-order valence-corrected chi connectivity index (χ3v) is 4.49. The van der Waals surface area contributed by atoms with Crippen LogP contribution in [-0.4, -0.2) is 28.9 Å². The van der Waals surface area contributed by atoms with E-state index in [2.05, 4.69) is 16.9 Å². The van der Waals surface area contributed by atoms with Gasteiger partial charge in [0.05, 0.1) is 25.2 Å². The van der Waals surface area contributed by atoms with Crippen LogP contribution in [0.3, 0.4) is 0 Å². The fourth-order valence-electron chi connectivity index (χ4n) is 2.79. The number of hydrogen-bond acceptors (Lipinski definition) is 3. The minimum absolute atomic E-state index is 0.331. The second kappa shape index (κ2) is 11.6. The molecule has 0 aliphatic heterocycles. The Morgan fingerprint density at radius 1 is 0.963 bits per heavy atom. The molecule has 0 amide bonds. The maximum absolute atomic E-state index is 13.7. The molecule has 0 spiro atoms. The van der Waals surface area contributed by atoms with Crippen LogP contribution in [0.2, 0.25) is 0 Å². The molecule has 2 atom stereocenters. The molecule has 0 aliphatic rings. The monoisotopic (exact) mass is 376 g/mol. The molecule has 1 heterocycles. The average Bonchev–Trinajstić information content (AvgIpc) is 2.67. The summed E-state index contributed by atoms with van der Waals surface area (Å²) in [6, 6.07) is 7.84. The smallest absolute Gasteiger partial charge is 0.159 e. The van der Waals surface area contributed by atoms with Crippen LogP contribution in [0.15, 0.2) is 36.7 Å². The van der Waals surface area contributed by atoms with Gasteiger partial charge < -0.3 is 4.74 Å². The molecule has 0 saturated heterocycles. The number of ether oxygens (including phenoxy) is 1. The minimum Gasteiger partial charge on any atom is -0.490 e. The predicted molar refractivity (Wildman–Crippen MR) is 106 cm³/mol. The van der Waals surface area contributed by atoms with E-state index in [0.717, 1.165) is 36.8 Å². The van der Waals surface area contributed by atoms with Gasteiger partial charge in [0.2, 0.25) is 0 Å².